The van der Waals surface area contributed by atoms with E-state index in [1.807, 2.05) is 36.4 Å². The van der Waals surface area contributed by atoms with Crippen molar-refractivity contribution in [3.05, 3.63) is 48.9 Å². The van der Waals surface area contributed by atoms with Gasteiger partial charge in [-0.3, -0.25) is 4.90 Å². The lowest BCUT2D eigenvalue weighted by Gasteiger charge is -2.38. The fourth-order valence-electron chi connectivity index (χ4n) is 3.58. The van der Waals surface area contributed by atoms with Crippen molar-refractivity contribution in [3.8, 4) is 11.4 Å². The second-order valence-electron chi connectivity index (χ2n) is 9.47. The Bertz CT molecular complexity index is 798. The Morgan fingerprint density at radius 1 is 1.31 bits per heavy atom. The third kappa shape index (κ3) is 5.05. The van der Waals surface area contributed by atoms with Gasteiger partial charge >= 0.3 is 0 Å². The maximum atomic E-state index is 6.55. The van der Waals surface area contributed by atoms with Crippen LogP contribution >= 0.6 is 0 Å². The molecule has 2 aromatic rings. The third-order valence-electron chi connectivity index (χ3n) is 6.41. The van der Waals surface area contributed by atoms with E-state index in [2.05, 4.69) is 50.5 Å². The highest BCUT2D eigenvalue weighted by Crippen LogP contribution is 2.38. The van der Waals surface area contributed by atoms with Gasteiger partial charge in [-0.2, -0.15) is 4.98 Å². The Hall–Kier alpha value is -1.76. The van der Waals surface area contributed by atoms with Gasteiger partial charge in [0.1, 0.15) is 0 Å². The normalized spacial score (nSPS) is 19.4. The average molecular weight is 414 g/mol. The molecule has 5 nitrogen and oxygen atoms in total. The Morgan fingerprint density at radius 2 is 2.03 bits per heavy atom. The zero-order valence-corrected chi connectivity index (χ0v) is 19.5. The molecule has 0 saturated carbocycles. The van der Waals surface area contributed by atoms with E-state index in [9.17, 15) is 0 Å². The molecule has 1 aliphatic rings. The molecule has 1 aromatic carbocycles. The van der Waals surface area contributed by atoms with E-state index in [-0.39, 0.29) is 11.1 Å². The van der Waals surface area contributed by atoms with Crippen LogP contribution in [0.1, 0.15) is 52.0 Å². The molecule has 0 radical (unpaired) electrons. The number of hydrogen-bond donors (Lipinski definition) is 0. The molecule has 2 atom stereocenters. The highest BCUT2D eigenvalue weighted by molar-refractivity contribution is 6.74. The molecule has 1 fully saturated rings. The van der Waals surface area contributed by atoms with Crippen LogP contribution in [0.5, 0.6) is 0 Å². The first-order valence-corrected chi connectivity index (χ1v) is 13.5. The maximum absolute atomic E-state index is 6.55. The van der Waals surface area contributed by atoms with Crippen LogP contribution in [-0.4, -0.2) is 42.6 Å². The second kappa shape index (κ2) is 8.94. The molecule has 1 aliphatic heterocycles. The fourth-order valence-corrected chi connectivity index (χ4v) is 4.62. The van der Waals surface area contributed by atoms with Crippen LogP contribution in [0.4, 0.5) is 0 Å². The minimum Gasteiger partial charge on any atom is -0.415 e. The van der Waals surface area contributed by atoms with E-state index in [4.69, 9.17) is 13.9 Å². The van der Waals surface area contributed by atoms with Crippen molar-refractivity contribution >= 4 is 8.32 Å². The lowest BCUT2D eigenvalue weighted by atomic mass is 10.1. The zero-order chi connectivity index (χ0) is 21.1. The Balaban J connectivity index is 1.76. The minimum atomic E-state index is -1.77. The lowest BCUT2D eigenvalue weighted by molar-refractivity contribution is 0.105. The fraction of sp³-hybridized carbons (Fsp3) is 0.565. The number of aromatic nitrogens is 2. The van der Waals surface area contributed by atoms with E-state index in [1.165, 1.54) is 6.42 Å². The summed E-state index contributed by atoms with van der Waals surface area (Å²) in [5.41, 5.74) is 0.971. The second-order valence-corrected chi connectivity index (χ2v) is 14.3. The SMILES string of the molecule is C=CC[C@H](c1nc(-c2ccccc2)no1)N1CCC[C@H]1CO[Si](C)(C)C(C)(C)C. The predicted octanol–water partition coefficient (Wildman–Crippen LogP) is 5.84. The maximum Gasteiger partial charge on any atom is 0.244 e. The summed E-state index contributed by atoms with van der Waals surface area (Å²) in [6, 6.07) is 10.4. The molecule has 0 aliphatic carbocycles. The molecule has 2 heterocycles. The first-order valence-electron chi connectivity index (χ1n) is 10.6. The number of rotatable bonds is 8. The standard InChI is InChI=1S/C23H35N3O2Si/c1-7-12-20(22-24-21(25-28-22)18-13-9-8-10-14-18)26-16-11-15-19(26)17-27-29(5,6)23(2,3)4/h7-10,13-14,19-20H,1,11-12,15-17H2,2-6H3/t19-,20+/m0/s1. The summed E-state index contributed by atoms with van der Waals surface area (Å²) < 4.78 is 12.3. The third-order valence-corrected chi connectivity index (χ3v) is 10.9. The summed E-state index contributed by atoms with van der Waals surface area (Å²) in [7, 11) is -1.77. The van der Waals surface area contributed by atoms with Crippen LogP contribution in [-0.2, 0) is 4.43 Å². The molecule has 0 spiro atoms. The van der Waals surface area contributed by atoms with Crippen molar-refractivity contribution in [1.29, 1.82) is 0 Å². The Labute approximate surface area is 176 Å². The molecule has 0 amide bonds. The average Bonchev–Trinajstić information content (AvgIpc) is 3.34. The first kappa shape index (κ1) is 21.9. The minimum absolute atomic E-state index is 0.0491. The van der Waals surface area contributed by atoms with Crippen LogP contribution < -0.4 is 0 Å². The molecule has 0 N–H and O–H groups in total. The Morgan fingerprint density at radius 3 is 2.69 bits per heavy atom. The summed E-state index contributed by atoms with van der Waals surface area (Å²) in [4.78, 5) is 7.21. The molecule has 0 unspecified atom stereocenters. The van der Waals surface area contributed by atoms with Crippen LogP contribution in [0.2, 0.25) is 18.1 Å². The first-order chi connectivity index (χ1) is 13.7. The van der Waals surface area contributed by atoms with E-state index >= 15 is 0 Å². The van der Waals surface area contributed by atoms with Crippen molar-refractivity contribution in [3.63, 3.8) is 0 Å². The molecule has 3 rings (SSSR count). The largest absolute Gasteiger partial charge is 0.415 e. The summed E-state index contributed by atoms with van der Waals surface area (Å²) in [5, 5.41) is 4.45. The van der Waals surface area contributed by atoms with E-state index in [1.54, 1.807) is 0 Å². The van der Waals surface area contributed by atoms with Crippen LogP contribution in [0, 0.1) is 0 Å². The number of benzene rings is 1. The van der Waals surface area contributed by atoms with Crippen LogP contribution in [0.25, 0.3) is 11.4 Å². The number of hydrogen-bond acceptors (Lipinski definition) is 5. The van der Waals surface area contributed by atoms with Gasteiger partial charge in [0.05, 0.1) is 6.04 Å². The monoisotopic (exact) mass is 413 g/mol. The molecule has 29 heavy (non-hydrogen) atoms. The van der Waals surface area contributed by atoms with Gasteiger partial charge in [0.15, 0.2) is 8.32 Å². The quantitative estimate of drug-likeness (QED) is 0.402. The van der Waals surface area contributed by atoms with Crippen molar-refractivity contribution in [1.82, 2.24) is 15.0 Å². The molecular weight excluding hydrogens is 378 g/mol. The molecular formula is C23H35N3O2Si. The summed E-state index contributed by atoms with van der Waals surface area (Å²) in [6.45, 7) is 17.2. The molecule has 1 aromatic heterocycles. The van der Waals surface area contributed by atoms with E-state index in [0.717, 1.165) is 31.6 Å². The summed E-state index contributed by atoms with van der Waals surface area (Å²) in [6.07, 6.45) is 5.04. The van der Waals surface area contributed by atoms with Gasteiger partial charge < -0.3 is 8.95 Å². The number of nitrogens with zero attached hydrogens (tertiary/aromatic N) is 3. The van der Waals surface area contributed by atoms with Gasteiger partial charge in [-0.05, 0) is 43.9 Å². The van der Waals surface area contributed by atoms with Gasteiger partial charge in [-0.1, -0.05) is 62.3 Å². The molecule has 158 valence electrons. The van der Waals surface area contributed by atoms with Crippen LogP contribution in [0.3, 0.4) is 0 Å². The van der Waals surface area contributed by atoms with Gasteiger partial charge in [0.2, 0.25) is 11.7 Å². The van der Waals surface area contributed by atoms with Gasteiger partial charge in [0.25, 0.3) is 0 Å². The highest BCUT2D eigenvalue weighted by Gasteiger charge is 2.40. The molecule has 1 saturated heterocycles. The van der Waals surface area contributed by atoms with Crippen molar-refractivity contribution in [2.45, 2.75) is 70.2 Å². The topological polar surface area (TPSA) is 51.4 Å². The summed E-state index contributed by atoms with van der Waals surface area (Å²) >= 11 is 0. The Kier molecular flexibility index (Phi) is 6.76. The van der Waals surface area contributed by atoms with Gasteiger partial charge in [-0.15, -0.1) is 6.58 Å². The highest BCUT2D eigenvalue weighted by atomic mass is 28.4. The summed E-state index contributed by atoms with van der Waals surface area (Å²) in [5.74, 6) is 1.31. The lowest BCUT2D eigenvalue weighted by Crippen LogP contribution is -2.45. The van der Waals surface area contributed by atoms with Gasteiger partial charge in [0, 0.05) is 18.2 Å². The van der Waals surface area contributed by atoms with Crippen molar-refractivity contribution in [2.75, 3.05) is 13.2 Å². The van der Waals surface area contributed by atoms with E-state index in [0.29, 0.717) is 17.8 Å². The predicted molar refractivity (Wildman–Crippen MR) is 120 cm³/mol. The molecule has 6 heteroatoms. The smallest absolute Gasteiger partial charge is 0.244 e. The molecule has 0 bridgehead atoms. The van der Waals surface area contributed by atoms with Crippen molar-refractivity contribution in [2.24, 2.45) is 0 Å². The van der Waals surface area contributed by atoms with E-state index < -0.39 is 8.32 Å². The van der Waals surface area contributed by atoms with Gasteiger partial charge in [-0.25, -0.2) is 0 Å². The number of likely N-dealkylation sites (tertiary alicyclic amines) is 1. The van der Waals surface area contributed by atoms with Crippen LogP contribution in [0.15, 0.2) is 47.5 Å². The van der Waals surface area contributed by atoms with Crippen molar-refractivity contribution < 1.29 is 8.95 Å². The zero-order valence-electron chi connectivity index (χ0n) is 18.5.